The topological polar surface area (TPSA) is 63.6 Å². The van der Waals surface area contributed by atoms with Gasteiger partial charge in [0.15, 0.2) is 0 Å². The van der Waals surface area contributed by atoms with Gasteiger partial charge in [-0.2, -0.15) is 0 Å². The second-order valence-electron chi connectivity index (χ2n) is 9.54. The molecule has 154 valence electrons. The fraction of sp³-hybridized carbons (Fsp3) is 0.909. The maximum atomic E-state index is 13.2. The summed E-state index contributed by atoms with van der Waals surface area (Å²) in [4.78, 5) is 25.4. The lowest BCUT2D eigenvalue weighted by molar-refractivity contribution is -0.171. The highest BCUT2D eigenvalue weighted by Crippen LogP contribution is 2.44. The zero-order chi connectivity index (χ0) is 20.5. The van der Waals surface area contributed by atoms with Crippen molar-refractivity contribution >= 4 is 11.9 Å². The summed E-state index contributed by atoms with van der Waals surface area (Å²) in [7, 11) is 0. The third-order valence-electron chi connectivity index (χ3n) is 4.89. The Balaban J connectivity index is 5.90. The normalized spacial score (nSPS) is 15.5. The third-order valence-corrected chi connectivity index (χ3v) is 4.89. The number of carboxylic acids is 1. The van der Waals surface area contributed by atoms with E-state index >= 15 is 0 Å². The van der Waals surface area contributed by atoms with Crippen LogP contribution in [0.5, 0.6) is 0 Å². The predicted molar refractivity (Wildman–Crippen MR) is 107 cm³/mol. The molecule has 4 heteroatoms. The predicted octanol–water partition coefficient (Wildman–Crippen LogP) is 5.79. The molecule has 26 heavy (non-hydrogen) atoms. The Labute approximate surface area is 161 Å². The molecule has 0 aromatic carbocycles. The van der Waals surface area contributed by atoms with E-state index in [0.717, 1.165) is 12.8 Å². The molecule has 0 saturated carbocycles. The maximum Gasteiger partial charge on any atom is 0.312 e. The smallest absolute Gasteiger partial charge is 0.312 e. The molecule has 0 radical (unpaired) electrons. The highest BCUT2D eigenvalue weighted by molar-refractivity contribution is 5.84. The van der Waals surface area contributed by atoms with Crippen molar-refractivity contribution in [2.75, 3.05) is 6.61 Å². The van der Waals surface area contributed by atoms with Crippen molar-refractivity contribution in [1.29, 1.82) is 0 Å². The van der Waals surface area contributed by atoms with Crippen LogP contribution in [0.1, 0.15) is 87.5 Å². The van der Waals surface area contributed by atoms with Gasteiger partial charge in [0.05, 0.1) is 17.9 Å². The van der Waals surface area contributed by atoms with Crippen molar-refractivity contribution in [3.05, 3.63) is 0 Å². The number of carbonyl (C=O) groups is 2. The van der Waals surface area contributed by atoms with E-state index in [1.54, 1.807) is 0 Å². The molecule has 0 rings (SSSR count). The summed E-state index contributed by atoms with van der Waals surface area (Å²) in [6.45, 7) is 16.9. The van der Waals surface area contributed by atoms with Crippen LogP contribution in [-0.2, 0) is 14.3 Å². The highest BCUT2D eigenvalue weighted by atomic mass is 16.5. The van der Waals surface area contributed by atoms with Crippen molar-refractivity contribution in [3.63, 3.8) is 0 Å². The fourth-order valence-electron chi connectivity index (χ4n) is 3.54. The first-order valence-corrected chi connectivity index (χ1v) is 10.3. The number of esters is 1. The van der Waals surface area contributed by atoms with Gasteiger partial charge in [0.1, 0.15) is 0 Å². The van der Waals surface area contributed by atoms with E-state index in [-0.39, 0.29) is 17.8 Å². The molecule has 2 atom stereocenters. The van der Waals surface area contributed by atoms with Crippen LogP contribution < -0.4 is 0 Å². The number of carbonyl (C=O) groups excluding carboxylic acids is 1. The number of hydrogen-bond donors (Lipinski definition) is 1. The van der Waals surface area contributed by atoms with Gasteiger partial charge in [0.2, 0.25) is 0 Å². The summed E-state index contributed by atoms with van der Waals surface area (Å²) in [5.74, 6) is -0.572. The third kappa shape index (κ3) is 8.55. The Morgan fingerprint density at radius 1 is 0.808 bits per heavy atom. The monoisotopic (exact) mass is 370 g/mol. The lowest BCUT2D eigenvalue weighted by atomic mass is 9.65. The first kappa shape index (κ1) is 24.9. The number of rotatable bonds is 13. The van der Waals surface area contributed by atoms with Gasteiger partial charge in [0, 0.05) is 0 Å². The second kappa shape index (κ2) is 11.6. The average molecular weight is 371 g/mol. The molecule has 0 amide bonds. The summed E-state index contributed by atoms with van der Waals surface area (Å²) in [6, 6.07) is 0. The molecule has 0 aliphatic rings. The van der Waals surface area contributed by atoms with E-state index < -0.39 is 17.3 Å². The minimum atomic E-state index is -0.936. The zero-order valence-corrected chi connectivity index (χ0v) is 18.3. The number of hydrogen-bond acceptors (Lipinski definition) is 3. The minimum absolute atomic E-state index is 0.231. The fourth-order valence-corrected chi connectivity index (χ4v) is 3.54. The molecular weight excluding hydrogens is 328 g/mol. The van der Waals surface area contributed by atoms with E-state index in [0.29, 0.717) is 37.7 Å². The Morgan fingerprint density at radius 2 is 1.35 bits per heavy atom. The van der Waals surface area contributed by atoms with Gasteiger partial charge in [0.25, 0.3) is 0 Å². The van der Waals surface area contributed by atoms with Crippen molar-refractivity contribution in [3.8, 4) is 0 Å². The molecule has 1 N–H and O–H groups in total. The average Bonchev–Trinajstić information content (AvgIpc) is 2.48. The van der Waals surface area contributed by atoms with Gasteiger partial charge < -0.3 is 9.84 Å². The molecule has 0 spiro atoms. The molecule has 0 aromatic heterocycles. The van der Waals surface area contributed by atoms with E-state index in [9.17, 15) is 14.7 Å². The summed E-state index contributed by atoms with van der Waals surface area (Å²) in [5.41, 5.74) is -0.936. The van der Waals surface area contributed by atoms with E-state index in [1.807, 2.05) is 13.8 Å². The zero-order valence-electron chi connectivity index (χ0n) is 18.3. The summed E-state index contributed by atoms with van der Waals surface area (Å²) in [5, 5.41) is 10.0. The van der Waals surface area contributed by atoms with Crippen molar-refractivity contribution in [1.82, 2.24) is 0 Å². The lowest BCUT2D eigenvalue weighted by Crippen LogP contribution is -2.45. The Hall–Kier alpha value is -1.06. The van der Waals surface area contributed by atoms with Crippen LogP contribution in [0.25, 0.3) is 0 Å². The quantitative estimate of drug-likeness (QED) is 0.417. The number of ether oxygens (including phenoxy) is 1. The van der Waals surface area contributed by atoms with Crippen LogP contribution in [0.2, 0.25) is 0 Å². The van der Waals surface area contributed by atoms with Gasteiger partial charge in [-0.15, -0.1) is 0 Å². The maximum absolute atomic E-state index is 13.2. The van der Waals surface area contributed by atoms with E-state index in [2.05, 4.69) is 41.5 Å². The molecule has 0 fully saturated rings. The number of carboxylic acid groups (broad SMARTS) is 1. The van der Waals surface area contributed by atoms with Gasteiger partial charge in [-0.25, -0.2) is 0 Å². The molecule has 4 nitrogen and oxygen atoms in total. The second-order valence-corrected chi connectivity index (χ2v) is 9.54. The Kier molecular flexibility index (Phi) is 11.1. The molecule has 2 unspecified atom stereocenters. The van der Waals surface area contributed by atoms with Gasteiger partial charge in [-0.3, -0.25) is 9.59 Å². The minimum Gasteiger partial charge on any atom is -0.481 e. The molecule has 0 aromatic rings. The largest absolute Gasteiger partial charge is 0.481 e. The Morgan fingerprint density at radius 3 is 1.73 bits per heavy atom. The van der Waals surface area contributed by atoms with Gasteiger partial charge in [-0.1, -0.05) is 61.8 Å². The first-order valence-electron chi connectivity index (χ1n) is 10.3. The summed E-state index contributed by atoms with van der Waals surface area (Å²) in [6.07, 6.45) is 3.29. The standard InChI is InChI=1S/C22H42O4/c1-15(2)9-10-19(20(23)24)22(13-17(5)6,12-11-16(3)4)21(25)26-14-18(7)8/h15-19H,9-14H2,1-8H3,(H,23,24). The number of aliphatic carboxylic acids is 1. The molecule has 0 saturated heterocycles. The first-order chi connectivity index (χ1) is 11.9. The van der Waals surface area contributed by atoms with Crippen molar-refractivity contribution in [2.24, 2.45) is 35.0 Å². The van der Waals surface area contributed by atoms with Gasteiger partial charge in [-0.05, 0) is 49.4 Å². The molecule has 0 aliphatic heterocycles. The molecule has 0 aliphatic carbocycles. The van der Waals surface area contributed by atoms with Crippen LogP contribution >= 0.6 is 0 Å². The molecule has 0 heterocycles. The van der Waals surface area contributed by atoms with Crippen LogP contribution in [0.3, 0.4) is 0 Å². The SMILES string of the molecule is CC(C)CCC(C(=O)O)C(CCC(C)C)(CC(C)C)C(=O)OCC(C)C. The molecule has 0 bridgehead atoms. The Bertz CT molecular complexity index is 426. The van der Waals surface area contributed by atoms with Crippen LogP contribution in [-0.4, -0.2) is 23.7 Å². The van der Waals surface area contributed by atoms with E-state index in [4.69, 9.17) is 4.74 Å². The van der Waals surface area contributed by atoms with E-state index in [1.165, 1.54) is 0 Å². The van der Waals surface area contributed by atoms with Crippen molar-refractivity contribution < 1.29 is 19.4 Å². The summed E-state index contributed by atoms with van der Waals surface area (Å²) < 4.78 is 5.64. The van der Waals surface area contributed by atoms with Crippen LogP contribution in [0.4, 0.5) is 0 Å². The van der Waals surface area contributed by atoms with Crippen molar-refractivity contribution in [2.45, 2.75) is 87.5 Å². The lowest BCUT2D eigenvalue weighted by Gasteiger charge is -2.39. The van der Waals surface area contributed by atoms with Gasteiger partial charge >= 0.3 is 11.9 Å². The summed E-state index contributed by atoms with van der Waals surface area (Å²) >= 11 is 0. The molecular formula is C22H42O4. The highest BCUT2D eigenvalue weighted by Gasteiger charge is 2.50. The van der Waals surface area contributed by atoms with Crippen LogP contribution in [0, 0.1) is 35.0 Å². The van der Waals surface area contributed by atoms with Crippen LogP contribution in [0.15, 0.2) is 0 Å².